The van der Waals surface area contributed by atoms with Crippen LogP contribution in [0.5, 0.6) is 0 Å². The van der Waals surface area contributed by atoms with Crippen LogP contribution < -0.4 is 5.32 Å². The second kappa shape index (κ2) is 5.03. The molecule has 6 heteroatoms. The van der Waals surface area contributed by atoms with Gasteiger partial charge in [0.05, 0.1) is 6.54 Å². The average Bonchev–Trinajstić information content (AvgIpc) is 2.79. The quantitative estimate of drug-likeness (QED) is 0.847. The summed E-state index contributed by atoms with van der Waals surface area (Å²) in [5.41, 5.74) is 0. The first-order chi connectivity index (χ1) is 8.41. The lowest BCUT2D eigenvalue weighted by Crippen LogP contribution is -2.21. The average molecular weight is 272 g/mol. The summed E-state index contributed by atoms with van der Waals surface area (Å²) < 4.78 is 30.1. The Labute approximate surface area is 108 Å². The third-order valence-electron chi connectivity index (χ3n) is 3.35. The minimum Gasteiger partial charge on any atom is -0.447 e. The van der Waals surface area contributed by atoms with Gasteiger partial charge in [-0.05, 0) is 36.9 Å². The molecule has 0 spiro atoms. The first kappa shape index (κ1) is 13.6. The number of hydrogen-bond acceptors (Lipinski definition) is 4. The molecule has 1 aliphatic carbocycles. The van der Waals surface area contributed by atoms with Gasteiger partial charge in [-0.25, -0.2) is 12.7 Å². The molecule has 0 amide bonds. The molecular weight excluding hydrogens is 252 g/mol. The van der Waals surface area contributed by atoms with E-state index < -0.39 is 10.0 Å². The smallest absolute Gasteiger partial charge is 0.275 e. The lowest BCUT2D eigenvalue weighted by Gasteiger charge is -2.07. The van der Waals surface area contributed by atoms with E-state index in [9.17, 15) is 8.42 Å². The van der Waals surface area contributed by atoms with Crippen LogP contribution in [0.25, 0.3) is 0 Å². The van der Waals surface area contributed by atoms with Crippen LogP contribution in [-0.4, -0.2) is 33.4 Å². The van der Waals surface area contributed by atoms with Crippen molar-refractivity contribution in [2.24, 2.45) is 11.8 Å². The van der Waals surface area contributed by atoms with Crippen LogP contribution in [0, 0.1) is 11.8 Å². The fourth-order valence-corrected chi connectivity index (χ4v) is 2.65. The Morgan fingerprint density at radius 3 is 2.67 bits per heavy atom. The largest absolute Gasteiger partial charge is 0.447 e. The van der Waals surface area contributed by atoms with Gasteiger partial charge in [0.25, 0.3) is 10.0 Å². The van der Waals surface area contributed by atoms with Crippen LogP contribution in [0.15, 0.2) is 21.6 Å². The number of furan rings is 1. The molecule has 2 unspecified atom stereocenters. The molecule has 0 aromatic carbocycles. The highest BCUT2D eigenvalue weighted by atomic mass is 32.2. The van der Waals surface area contributed by atoms with E-state index in [4.69, 9.17) is 4.42 Å². The minimum atomic E-state index is -3.45. The zero-order valence-corrected chi connectivity index (χ0v) is 11.8. The lowest BCUT2D eigenvalue weighted by molar-refractivity contribution is 0.387. The minimum absolute atomic E-state index is 0.00379. The van der Waals surface area contributed by atoms with Gasteiger partial charge in [-0.15, -0.1) is 0 Å². The van der Waals surface area contributed by atoms with Gasteiger partial charge < -0.3 is 9.73 Å². The van der Waals surface area contributed by atoms with Crippen molar-refractivity contribution in [3.8, 4) is 0 Å². The van der Waals surface area contributed by atoms with E-state index in [0.717, 1.165) is 22.7 Å². The Hall–Kier alpha value is -0.850. The molecular formula is C12H20N2O3S. The van der Waals surface area contributed by atoms with Crippen molar-refractivity contribution in [1.82, 2.24) is 9.62 Å². The van der Waals surface area contributed by atoms with E-state index in [1.807, 2.05) is 0 Å². The third kappa shape index (κ3) is 2.93. The maximum Gasteiger partial charge on any atom is 0.275 e. The lowest BCUT2D eigenvalue weighted by atomic mass is 10.3. The second-order valence-corrected chi connectivity index (χ2v) is 7.19. The van der Waals surface area contributed by atoms with Gasteiger partial charge in [-0.1, -0.05) is 6.92 Å². The van der Waals surface area contributed by atoms with Crippen LogP contribution in [-0.2, 0) is 16.6 Å². The molecule has 18 heavy (non-hydrogen) atoms. The molecule has 1 aromatic rings. The molecule has 1 aliphatic rings. The Bertz CT molecular complexity index is 507. The van der Waals surface area contributed by atoms with E-state index >= 15 is 0 Å². The summed E-state index contributed by atoms with van der Waals surface area (Å²) in [6.07, 6.45) is 1.28. The summed E-state index contributed by atoms with van der Waals surface area (Å²) in [6.45, 7) is 3.78. The molecule has 5 nitrogen and oxygen atoms in total. The zero-order chi connectivity index (χ0) is 13.3. The Morgan fingerprint density at radius 2 is 2.11 bits per heavy atom. The zero-order valence-electron chi connectivity index (χ0n) is 11.0. The van der Waals surface area contributed by atoms with Crippen molar-refractivity contribution in [1.29, 1.82) is 0 Å². The van der Waals surface area contributed by atoms with Crippen molar-refractivity contribution < 1.29 is 12.8 Å². The summed E-state index contributed by atoms with van der Waals surface area (Å²) in [4.78, 5) is 0. The van der Waals surface area contributed by atoms with Gasteiger partial charge in [0.1, 0.15) is 5.76 Å². The highest BCUT2D eigenvalue weighted by molar-refractivity contribution is 7.88. The molecule has 1 fully saturated rings. The summed E-state index contributed by atoms with van der Waals surface area (Å²) in [6, 6.07) is 3.21. The predicted octanol–water partition coefficient (Wildman–Crippen LogP) is 1.28. The van der Waals surface area contributed by atoms with E-state index in [-0.39, 0.29) is 5.09 Å². The summed E-state index contributed by atoms with van der Waals surface area (Å²) in [5.74, 6) is 2.24. The van der Waals surface area contributed by atoms with Crippen LogP contribution in [0.1, 0.15) is 19.1 Å². The normalized spacial score (nSPS) is 23.6. The topological polar surface area (TPSA) is 62.6 Å². The van der Waals surface area contributed by atoms with Gasteiger partial charge in [0.2, 0.25) is 5.09 Å². The van der Waals surface area contributed by atoms with Crippen molar-refractivity contribution in [3.05, 3.63) is 17.9 Å². The molecule has 1 aromatic heterocycles. The van der Waals surface area contributed by atoms with Crippen molar-refractivity contribution in [2.75, 3.05) is 20.6 Å². The van der Waals surface area contributed by atoms with Gasteiger partial charge >= 0.3 is 0 Å². The van der Waals surface area contributed by atoms with Gasteiger partial charge in [0, 0.05) is 14.1 Å². The molecule has 1 saturated carbocycles. The summed E-state index contributed by atoms with van der Waals surface area (Å²) in [5, 5.41) is 3.29. The van der Waals surface area contributed by atoms with Crippen LogP contribution in [0.2, 0.25) is 0 Å². The molecule has 1 N–H and O–H groups in total. The summed E-state index contributed by atoms with van der Waals surface area (Å²) in [7, 11) is -0.474. The Morgan fingerprint density at radius 1 is 1.44 bits per heavy atom. The fourth-order valence-electron chi connectivity index (χ4n) is 1.84. The molecule has 2 atom stereocenters. The van der Waals surface area contributed by atoms with E-state index in [1.54, 1.807) is 6.07 Å². The molecule has 0 radical (unpaired) electrons. The highest BCUT2D eigenvalue weighted by Gasteiger charge is 2.31. The Kier molecular flexibility index (Phi) is 3.79. The van der Waals surface area contributed by atoms with Crippen LogP contribution in [0.3, 0.4) is 0 Å². The second-order valence-electron chi connectivity index (χ2n) is 5.11. The van der Waals surface area contributed by atoms with Gasteiger partial charge in [-0.3, -0.25) is 0 Å². The van der Waals surface area contributed by atoms with Crippen LogP contribution in [0.4, 0.5) is 0 Å². The fraction of sp³-hybridized carbons (Fsp3) is 0.667. The van der Waals surface area contributed by atoms with Crippen molar-refractivity contribution in [3.63, 3.8) is 0 Å². The SMILES string of the molecule is CC1CC1CNCc1ccc(S(=O)(=O)N(C)C)o1. The highest BCUT2D eigenvalue weighted by Crippen LogP contribution is 2.36. The maximum atomic E-state index is 11.8. The van der Waals surface area contributed by atoms with Gasteiger partial charge in [-0.2, -0.15) is 0 Å². The molecule has 2 rings (SSSR count). The molecule has 102 valence electrons. The standard InChI is InChI=1S/C12H20N2O3S/c1-9-6-10(9)7-13-8-11-4-5-12(17-11)18(15,16)14(2)3/h4-5,9-10,13H,6-8H2,1-3H3. The number of rotatable bonds is 6. The third-order valence-corrected chi connectivity index (χ3v) is 5.04. The monoisotopic (exact) mass is 272 g/mol. The van der Waals surface area contributed by atoms with Crippen molar-refractivity contribution >= 4 is 10.0 Å². The number of hydrogen-bond donors (Lipinski definition) is 1. The Balaban J connectivity index is 1.90. The molecule has 1 heterocycles. The van der Waals surface area contributed by atoms with E-state index in [2.05, 4.69) is 12.2 Å². The maximum absolute atomic E-state index is 11.8. The van der Waals surface area contributed by atoms with E-state index in [0.29, 0.717) is 12.3 Å². The van der Waals surface area contributed by atoms with Crippen LogP contribution >= 0.6 is 0 Å². The summed E-state index contributed by atoms with van der Waals surface area (Å²) >= 11 is 0. The van der Waals surface area contributed by atoms with Crippen molar-refractivity contribution in [2.45, 2.75) is 25.0 Å². The predicted molar refractivity (Wildman–Crippen MR) is 68.6 cm³/mol. The number of nitrogens with zero attached hydrogens (tertiary/aromatic N) is 1. The number of sulfonamides is 1. The first-order valence-corrected chi connectivity index (χ1v) is 7.57. The molecule has 0 aliphatic heterocycles. The molecule has 0 saturated heterocycles. The van der Waals surface area contributed by atoms with E-state index in [1.165, 1.54) is 26.6 Å². The first-order valence-electron chi connectivity index (χ1n) is 6.13. The van der Waals surface area contributed by atoms with Gasteiger partial charge in [0.15, 0.2) is 0 Å². The number of nitrogens with one attached hydrogen (secondary N) is 1. The molecule has 0 bridgehead atoms.